The fourth-order valence-corrected chi connectivity index (χ4v) is 0.365. The topological polar surface area (TPSA) is 46.5 Å². The molecular formula is C3H3Cl5O3. The maximum atomic E-state index is 9.77. The lowest BCUT2D eigenvalue weighted by Crippen LogP contribution is -2.24. The van der Waals surface area contributed by atoms with Crippen LogP contribution < -0.4 is 0 Å². The summed E-state index contributed by atoms with van der Waals surface area (Å²) in [5, 5.41) is 7.96. The van der Waals surface area contributed by atoms with Crippen LogP contribution in [0.1, 0.15) is 0 Å². The molecule has 1 unspecified atom stereocenters. The van der Waals surface area contributed by atoms with Crippen LogP contribution >= 0.6 is 58.8 Å². The molecule has 8 heteroatoms. The van der Waals surface area contributed by atoms with Gasteiger partial charge in [0.2, 0.25) is 9.36 Å². The molecule has 0 aromatic rings. The van der Waals surface area contributed by atoms with Gasteiger partial charge in [-0.05, 0) is 0 Å². The van der Waals surface area contributed by atoms with Crippen LogP contribution in [0, 0.1) is 0 Å². The smallest absolute Gasteiger partial charge is 0.450 e. The molecule has 0 spiro atoms. The minimum atomic E-state index is -1.93. The van der Waals surface area contributed by atoms with Crippen molar-refractivity contribution >= 4 is 65.0 Å². The van der Waals surface area contributed by atoms with E-state index in [-0.39, 0.29) is 12.4 Å². The SMILES string of the molecule is Cl.O=C(O)OC(Cl)C(Cl)(Cl)Cl. The van der Waals surface area contributed by atoms with Crippen molar-refractivity contribution in [2.45, 2.75) is 9.36 Å². The van der Waals surface area contributed by atoms with E-state index in [9.17, 15) is 4.79 Å². The first kappa shape index (κ1) is 14.3. The van der Waals surface area contributed by atoms with Crippen molar-refractivity contribution in [3.63, 3.8) is 0 Å². The van der Waals surface area contributed by atoms with Crippen molar-refractivity contribution in [2.24, 2.45) is 0 Å². The fraction of sp³-hybridized carbons (Fsp3) is 0.667. The summed E-state index contributed by atoms with van der Waals surface area (Å²) in [4.78, 5) is 9.77. The molecule has 1 atom stereocenters. The van der Waals surface area contributed by atoms with Gasteiger partial charge in [-0.25, -0.2) is 4.79 Å². The maximum absolute atomic E-state index is 9.77. The summed E-state index contributed by atoms with van der Waals surface area (Å²) in [6.07, 6.45) is -1.59. The summed E-state index contributed by atoms with van der Waals surface area (Å²) in [6.45, 7) is 0. The quantitative estimate of drug-likeness (QED) is 0.585. The molecule has 0 aliphatic carbocycles. The second-order valence-electron chi connectivity index (χ2n) is 1.24. The van der Waals surface area contributed by atoms with Gasteiger partial charge in [-0.15, -0.1) is 12.4 Å². The lowest BCUT2D eigenvalue weighted by molar-refractivity contribution is 0.0809. The van der Waals surface area contributed by atoms with Crippen molar-refractivity contribution in [1.29, 1.82) is 0 Å². The summed E-state index contributed by atoms with van der Waals surface area (Å²) >= 11 is 20.6. The molecule has 0 aromatic heterocycles. The summed E-state index contributed by atoms with van der Waals surface area (Å²) in [7, 11) is 0. The zero-order valence-electron chi connectivity index (χ0n) is 4.76. The molecule has 0 bridgehead atoms. The Morgan fingerprint density at radius 2 is 1.82 bits per heavy atom. The zero-order valence-corrected chi connectivity index (χ0v) is 8.60. The normalized spacial score (nSPS) is 13.1. The Labute approximate surface area is 88.9 Å². The Hall–Kier alpha value is 0.720. The van der Waals surface area contributed by atoms with Gasteiger partial charge in [-0.1, -0.05) is 46.4 Å². The van der Waals surface area contributed by atoms with Crippen LogP contribution in [0.3, 0.4) is 0 Å². The summed E-state index contributed by atoms with van der Waals surface area (Å²) in [5.74, 6) is 0. The van der Waals surface area contributed by atoms with E-state index in [1.165, 1.54) is 0 Å². The zero-order chi connectivity index (χ0) is 8.36. The molecular weight excluding hydrogens is 261 g/mol. The molecule has 0 aliphatic rings. The number of ether oxygens (including phenoxy) is 1. The van der Waals surface area contributed by atoms with Gasteiger partial charge in [0.1, 0.15) is 0 Å². The molecule has 0 rings (SSSR count). The molecule has 3 nitrogen and oxygen atoms in total. The van der Waals surface area contributed by atoms with E-state index in [1.54, 1.807) is 0 Å². The lowest BCUT2D eigenvalue weighted by Gasteiger charge is -2.15. The molecule has 68 valence electrons. The van der Waals surface area contributed by atoms with Gasteiger partial charge >= 0.3 is 6.16 Å². The van der Waals surface area contributed by atoms with E-state index in [4.69, 9.17) is 51.5 Å². The van der Waals surface area contributed by atoms with E-state index in [0.717, 1.165) is 0 Å². The molecule has 0 aliphatic heterocycles. The largest absolute Gasteiger partial charge is 0.507 e. The Kier molecular flexibility index (Phi) is 6.97. The number of carbonyl (C=O) groups is 1. The van der Waals surface area contributed by atoms with Crippen molar-refractivity contribution in [2.75, 3.05) is 0 Å². The van der Waals surface area contributed by atoms with Crippen LogP contribution in [0.25, 0.3) is 0 Å². The van der Waals surface area contributed by atoms with Gasteiger partial charge < -0.3 is 9.84 Å². The van der Waals surface area contributed by atoms with Crippen LogP contribution in [0.15, 0.2) is 0 Å². The number of hydrogen-bond acceptors (Lipinski definition) is 2. The monoisotopic (exact) mass is 262 g/mol. The average molecular weight is 264 g/mol. The predicted octanol–water partition coefficient (Wildman–Crippen LogP) is 3.04. The minimum Gasteiger partial charge on any atom is -0.450 e. The highest BCUT2D eigenvalue weighted by atomic mass is 35.6. The number of halogens is 5. The van der Waals surface area contributed by atoms with Crippen LogP contribution in [0.4, 0.5) is 4.79 Å². The molecule has 1 N–H and O–H groups in total. The van der Waals surface area contributed by atoms with Crippen molar-refractivity contribution in [1.82, 2.24) is 0 Å². The first-order chi connectivity index (χ1) is 4.34. The van der Waals surface area contributed by atoms with E-state index < -0.39 is 15.5 Å². The van der Waals surface area contributed by atoms with Gasteiger partial charge in [0.25, 0.3) is 0 Å². The third-order valence-electron chi connectivity index (χ3n) is 0.462. The summed E-state index contributed by atoms with van der Waals surface area (Å²) in [5.41, 5.74) is -1.49. The van der Waals surface area contributed by atoms with Gasteiger partial charge in [-0.3, -0.25) is 0 Å². The minimum absolute atomic E-state index is 0. The lowest BCUT2D eigenvalue weighted by atomic mass is 10.8. The number of rotatable bonds is 1. The third-order valence-corrected chi connectivity index (χ3v) is 1.81. The Morgan fingerprint density at radius 1 is 1.45 bits per heavy atom. The highest BCUT2D eigenvalue weighted by Gasteiger charge is 2.34. The van der Waals surface area contributed by atoms with Crippen LogP contribution in [0.5, 0.6) is 0 Å². The van der Waals surface area contributed by atoms with E-state index in [2.05, 4.69) is 4.74 Å². The van der Waals surface area contributed by atoms with Crippen molar-refractivity contribution in [3.8, 4) is 0 Å². The van der Waals surface area contributed by atoms with Crippen molar-refractivity contribution < 1.29 is 14.6 Å². The molecule has 0 aromatic carbocycles. The molecule has 0 radical (unpaired) electrons. The first-order valence-corrected chi connectivity index (χ1v) is 3.51. The molecule has 0 heterocycles. The summed E-state index contributed by atoms with van der Waals surface area (Å²) < 4.78 is 1.97. The molecule has 0 fully saturated rings. The standard InChI is InChI=1S/C3H2Cl4O3.ClH/c4-1(3(5,6)7)10-2(8)9;/h1H,(H,8,9);1H. The van der Waals surface area contributed by atoms with Gasteiger partial charge in [0, 0.05) is 0 Å². The van der Waals surface area contributed by atoms with Crippen LogP contribution in [-0.2, 0) is 4.74 Å². The van der Waals surface area contributed by atoms with E-state index in [0.29, 0.717) is 0 Å². The number of alkyl halides is 4. The maximum Gasteiger partial charge on any atom is 0.507 e. The van der Waals surface area contributed by atoms with Crippen molar-refractivity contribution in [3.05, 3.63) is 0 Å². The fourth-order valence-electron chi connectivity index (χ4n) is 0.155. The summed E-state index contributed by atoms with van der Waals surface area (Å²) in [6, 6.07) is 0. The number of hydrogen-bond donors (Lipinski definition) is 1. The second kappa shape index (κ2) is 5.38. The first-order valence-electron chi connectivity index (χ1n) is 1.94. The van der Waals surface area contributed by atoms with Gasteiger partial charge in [0.15, 0.2) is 0 Å². The molecule has 0 saturated heterocycles. The number of carboxylic acid groups (broad SMARTS) is 1. The van der Waals surface area contributed by atoms with Gasteiger partial charge in [0.05, 0.1) is 0 Å². The van der Waals surface area contributed by atoms with E-state index in [1.807, 2.05) is 0 Å². The highest BCUT2D eigenvalue weighted by molar-refractivity contribution is 6.70. The van der Waals surface area contributed by atoms with E-state index >= 15 is 0 Å². The predicted molar refractivity (Wildman–Crippen MR) is 46.3 cm³/mol. The van der Waals surface area contributed by atoms with Crippen LogP contribution in [0.2, 0.25) is 0 Å². The molecule has 0 amide bonds. The van der Waals surface area contributed by atoms with Crippen LogP contribution in [-0.4, -0.2) is 20.6 Å². The average Bonchev–Trinajstić information content (AvgIpc) is 1.60. The highest BCUT2D eigenvalue weighted by Crippen LogP contribution is 2.34. The van der Waals surface area contributed by atoms with Gasteiger partial charge in [-0.2, -0.15) is 0 Å². The third kappa shape index (κ3) is 7.09. The Bertz CT molecular complexity index is 131. The molecule has 0 saturated carbocycles. The Balaban J connectivity index is 0. The second-order valence-corrected chi connectivity index (χ2v) is 4.01. The molecule has 11 heavy (non-hydrogen) atoms. The Morgan fingerprint density at radius 3 is 1.91 bits per heavy atom.